The Morgan fingerprint density at radius 1 is 1.00 bits per heavy atom. The topological polar surface area (TPSA) is 54.0 Å². The van der Waals surface area contributed by atoms with Crippen LogP contribution in [0.1, 0.15) is 5.56 Å². The Hall–Kier alpha value is -2.35. The molecule has 18 heavy (non-hydrogen) atoms. The molecule has 0 radical (unpaired) electrons. The summed E-state index contributed by atoms with van der Waals surface area (Å²) >= 11 is 0. The standard InChI is InChI=1S/C13H14O5/c1-15-10-7-9(5-6-12(14)17-3)8-11(16-2)13(10)18-4/h7-8H,1-4H3. The molecular weight excluding hydrogens is 236 g/mol. The van der Waals surface area contributed by atoms with E-state index in [-0.39, 0.29) is 0 Å². The molecule has 0 spiro atoms. The summed E-state index contributed by atoms with van der Waals surface area (Å²) in [6, 6.07) is 3.30. The van der Waals surface area contributed by atoms with Crippen molar-refractivity contribution in [3.8, 4) is 29.1 Å². The zero-order valence-corrected chi connectivity index (χ0v) is 10.7. The Balaban J connectivity index is 3.22. The fraction of sp³-hybridized carbons (Fsp3) is 0.308. The Bertz CT molecular complexity index is 471. The van der Waals surface area contributed by atoms with Gasteiger partial charge in [0.2, 0.25) is 5.75 Å². The number of esters is 1. The van der Waals surface area contributed by atoms with Crippen molar-refractivity contribution in [1.29, 1.82) is 0 Å². The molecule has 5 heteroatoms. The highest BCUT2D eigenvalue weighted by Gasteiger charge is 2.12. The molecule has 0 atom stereocenters. The predicted molar refractivity (Wildman–Crippen MR) is 65.0 cm³/mol. The summed E-state index contributed by atoms with van der Waals surface area (Å²) in [4.78, 5) is 10.9. The summed E-state index contributed by atoms with van der Waals surface area (Å²) in [5.74, 6) is 5.81. The van der Waals surface area contributed by atoms with Crippen molar-refractivity contribution in [1.82, 2.24) is 0 Å². The average Bonchev–Trinajstić information content (AvgIpc) is 2.43. The molecule has 0 saturated heterocycles. The van der Waals surface area contributed by atoms with Crippen molar-refractivity contribution in [3.05, 3.63) is 17.7 Å². The van der Waals surface area contributed by atoms with E-state index in [0.717, 1.165) is 0 Å². The summed E-state index contributed by atoms with van der Waals surface area (Å²) in [7, 11) is 5.80. The number of rotatable bonds is 3. The first-order chi connectivity index (χ1) is 8.65. The summed E-state index contributed by atoms with van der Waals surface area (Å²) in [5.41, 5.74) is 0.565. The average molecular weight is 250 g/mol. The van der Waals surface area contributed by atoms with Gasteiger partial charge in [-0.25, -0.2) is 4.79 Å². The third kappa shape index (κ3) is 3.08. The van der Waals surface area contributed by atoms with Gasteiger partial charge in [0.05, 0.1) is 28.4 Å². The molecule has 0 saturated carbocycles. The van der Waals surface area contributed by atoms with Crippen LogP contribution in [0.15, 0.2) is 12.1 Å². The van der Waals surface area contributed by atoms with Crippen molar-refractivity contribution in [3.63, 3.8) is 0 Å². The molecular formula is C13H14O5. The van der Waals surface area contributed by atoms with E-state index >= 15 is 0 Å². The molecule has 1 aromatic rings. The van der Waals surface area contributed by atoms with Crippen molar-refractivity contribution in [2.45, 2.75) is 0 Å². The van der Waals surface area contributed by atoms with Crippen molar-refractivity contribution < 1.29 is 23.7 Å². The third-order valence-electron chi connectivity index (χ3n) is 2.16. The summed E-state index contributed by atoms with van der Waals surface area (Å²) in [6.07, 6.45) is 0. The van der Waals surface area contributed by atoms with Gasteiger partial charge >= 0.3 is 5.97 Å². The van der Waals surface area contributed by atoms with Gasteiger partial charge in [0.1, 0.15) is 0 Å². The maximum Gasteiger partial charge on any atom is 0.384 e. The van der Waals surface area contributed by atoms with Crippen LogP contribution in [0.5, 0.6) is 17.2 Å². The number of methoxy groups -OCH3 is 4. The van der Waals surface area contributed by atoms with Gasteiger partial charge in [-0.2, -0.15) is 0 Å². The fourth-order valence-corrected chi connectivity index (χ4v) is 1.33. The summed E-state index contributed by atoms with van der Waals surface area (Å²) in [5, 5.41) is 0. The number of ether oxygens (including phenoxy) is 4. The Morgan fingerprint density at radius 3 is 1.94 bits per heavy atom. The lowest BCUT2D eigenvalue weighted by Gasteiger charge is -2.12. The van der Waals surface area contributed by atoms with Crippen molar-refractivity contribution in [2.24, 2.45) is 0 Å². The second kappa shape index (κ2) is 6.40. The van der Waals surface area contributed by atoms with E-state index in [9.17, 15) is 4.79 Å². The Morgan fingerprint density at radius 2 is 1.56 bits per heavy atom. The molecule has 0 aliphatic heterocycles. The smallest absolute Gasteiger partial charge is 0.384 e. The number of hydrogen-bond acceptors (Lipinski definition) is 5. The maximum absolute atomic E-state index is 10.9. The van der Waals surface area contributed by atoms with Gasteiger partial charge in [0, 0.05) is 11.5 Å². The second-order valence-corrected chi connectivity index (χ2v) is 3.16. The SMILES string of the molecule is COC(=O)C#Cc1cc(OC)c(OC)c(OC)c1. The van der Waals surface area contributed by atoms with Crippen LogP contribution in [-0.4, -0.2) is 34.4 Å². The van der Waals surface area contributed by atoms with Gasteiger partial charge in [0.25, 0.3) is 0 Å². The minimum absolute atomic E-state index is 0.476. The lowest BCUT2D eigenvalue weighted by Crippen LogP contribution is -1.97. The molecule has 1 aromatic carbocycles. The van der Waals surface area contributed by atoms with Crippen LogP contribution in [0.25, 0.3) is 0 Å². The molecule has 96 valence electrons. The zero-order chi connectivity index (χ0) is 13.5. The molecule has 5 nitrogen and oxygen atoms in total. The minimum atomic E-state index is -0.608. The van der Waals surface area contributed by atoms with E-state index in [0.29, 0.717) is 22.8 Å². The largest absolute Gasteiger partial charge is 0.493 e. The van der Waals surface area contributed by atoms with Crippen LogP contribution in [0.3, 0.4) is 0 Å². The van der Waals surface area contributed by atoms with E-state index < -0.39 is 5.97 Å². The molecule has 0 N–H and O–H groups in total. The first-order valence-corrected chi connectivity index (χ1v) is 5.06. The normalized spacial score (nSPS) is 8.89. The van der Waals surface area contributed by atoms with Crippen LogP contribution in [0.2, 0.25) is 0 Å². The first-order valence-electron chi connectivity index (χ1n) is 5.06. The Kier molecular flexibility index (Phi) is 4.88. The minimum Gasteiger partial charge on any atom is -0.493 e. The van der Waals surface area contributed by atoms with E-state index in [4.69, 9.17) is 14.2 Å². The van der Waals surface area contributed by atoms with Crippen molar-refractivity contribution in [2.75, 3.05) is 28.4 Å². The number of hydrogen-bond donors (Lipinski definition) is 0. The number of benzene rings is 1. The summed E-state index contributed by atoms with van der Waals surface area (Å²) < 4.78 is 19.9. The van der Waals surface area contributed by atoms with Gasteiger partial charge in [-0.3, -0.25) is 0 Å². The lowest BCUT2D eigenvalue weighted by atomic mass is 10.2. The highest BCUT2D eigenvalue weighted by molar-refractivity contribution is 5.89. The molecule has 0 bridgehead atoms. The monoisotopic (exact) mass is 250 g/mol. The van der Waals surface area contributed by atoms with Crippen LogP contribution in [0, 0.1) is 11.8 Å². The molecule has 1 rings (SSSR count). The van der Waals surface area contributed by atoms with Gasteiger partial charge in [-0.15, -0.1) is 0 Å². The molecule has 0 heterocycles. The first kappa shape index (κ1) is 13.7. The fourth-order valence-electron chi connectivity index (χ4n) is 1.33. The van der Waals surface area contributed by atoms with E-state index in [2.05, 4.69) is 16.6 Å². The molecule has 0 aliphatic carbocycles. The van der Waals surface area contributed by atoms with E-state index in [1.807, 2.05) is 0 Å². The predicted octanol–water partition coefficient (Wildman–Crippen LogP) is 1.24. The maximum atomic E-state index is 10.9. The van der Waals surface area contributed by atoms with Gasteiger partial charge in [0.15, 0.2) is 11.5 Å². The van der Waals surface area contributed by atoms with Gasteiger partial charge in [-0.1, -0.05) is 5.92 Å². The number of carbonyl (C=O) groups is 1. The third-order valence-corrected chi connectivity index (χ3v) is 2.16. The molecule has 0 aliphatic rings. The van der Waals surface area contributed by atoms with Crippen LogP contribution >= 0.6 is 0 Å². The molecule has 0 unspecified atom stereocenters. The van der Waals surface area contributed by atoms with Crippen LogP contribution in [0.4, 0.5) is 0 Å². The van der Waals surface area contributed by atoms with Gasteiger partial charge in [-0.05, 0) is 12.1 Å². The molecule has 0 fully saturated rings. The quantitative estimate of drug-likeness (QED) is 0.596. The van der Waals surface area contributed by atoms with E-state index in [1.54, 1.807) is 12.1 Å². The molecule has 0 aromatic heterocycles. The van der Waals surface area contributed by atoms with Gasteiger partial charge < -0.3 is 18.9 Å². The summed E-state index contributed by atoms with van der Waals surface area (Å²) in [6.45, 7) is 0. The molecule has 0 amide bonds. The second-order valence-electron chi connectivity index (χ2n) is 3.16. The number of carbonyl (C=O) groups excluding carboxylic acids is 1. The van der Waals surface area contributed by atoms with Crippen molar-refractivity contribution >= 4 is 5.97 Å². The van der Waals surface area contributed by atoms with Crippen LogP contribution < -0.4 is 14.2 Å². The zero-order valence-electron chi connectivity index (χ0n) is 10.7. The van der Waals surface area contributed by atoms with Crippen LogP contribution in [-0.2, 0) is 9.53 Å². The lowest BCUT2D eigenvalue weighted by molar-refractivity contribution is -0.133. The highest BCUT2D eigenvalue weighted by atomic mass is 16.5. The van der Waals surface area contributed by atoms with E-state index in [1.165, 1.54) is 28.4 Å². The Labute approximate surface area is 106 Å². The highest BCUT2D eigenvalue weighted by Crippen LogP contribution is 2.37.